The van der Waals surface area contributed by atoms with Gasteiger partial charge in [0.25, 0.3) is 5.91 Å². The Labute approximate surface area is 196 Å². The van der Waals surface area contributed by atoms with Crippen molar-refractivity contribution in [1.82, 2.24) is 9.88 Å². The second-order valence-corrected chi connectivity index (χ2v) is 7.44. The Bertz CT molecular complexity index is 1220. The summed E-state index contributed by atoms with van der Waals surface area (Å²) in [5.74, 6) is -1.54. The molecule has 0 spiro atoms. The fourth-order valence-corrected chi connectivity index (χ4v) is 3.50. The summed E-state index contributed by atoms with van der Waals surface area (Å²) in [4.78, 5) is 24.1. The van der Waals surface area contributed by atoms with E-state index in [2.05, 4.69) is 5.32 Å². The number of nitrogens with one attached hydrogen (secondary N) is 1. The molecule has 0 aliphatic rings. The fourth-order valence-electron chi connectivity index (χ4n) is 3.04. The first-order valence-electron chi connectivity index (χ1n) is 9.27. The quantitative estimate of drug-likeness (QED) is 0.471. The lowest BCUT2D eigenvalue weighted by atomic mass is 10.1. The van der Waals surface area contributed by atoms with Gasteiger partial charge in [-0.25, -0.2) is 0 Å². The molecule has 0 atom stereocenters. The molecule has 0 aliphatic heterocycles. The van der Waals surface area contributed by atoms with Crippen molar-refractivity contribution >= 4 is 35.1 Å². The Balaban J connectivity index is 1.87. The molecular weight excluding hydrogens is 482 g/mol. The second kappa shape index (κ2) is 9.98. The third-order valence-electron chi connectivity index (χ3n) is 4.49. The average Bonchev–Trinajstić information content (AvgIpc) is 3.08. The highest BCUT2D eigenvalue weighted by Gasteiger charge is 2.41. The molecule has 11 heteroatoms. The molecule has 1 N–H and O–H groups in total. The minimum Gasteiger partial charge on any atom is -0.443 e. The lowest BCUT2D eigenvalue weighted by Crippen LogP contribution is -2.31. The monoisotopic (exact) mass is 495 g/mol. The van der Waals surface area contributed by atoms with Crippen LogP contribution in [0.25, 0.3) is 11.3 Å². The smallest absolute Gasteiger partial charge is 0.433 e. The van der Waals surface area contributed by atoms with Crippen LogP contribution >= 0.6 is 23.2 Å². The molecule has 1 amide bonds. The first-order valence-corrected chi connectivity index (χ1v) is 10.0. The molecule has 0 unspecified atom stereocenters. The van der Waals surface area contributed by atoms with Gasteiger partial charge in [0, 0.05) is 10.6 Å². The van der Waals surface area contributed by atoms with Crippen molar-refractivity contribution in [2.24, 2.45) is 0 Å². The largest absolute Gasteiger partial charge is 0.443 e. The Morgan fingerprint density at radius 2 is 1.70 bits per heavy atom. The fraction of sp³-hybridized carbons (Fsp3) is 0.136. The summed E-state index contributed by atoms with van der Waals surface area (Å²) in [6.07, 6.45) is -4.94. The molecule has 2 aromatic carbocycles. The Morgan fingerprint density at radius 3 is 2.27 bits per heavy atom. The molecule has 0 bridgehead atoms. The van der Waals surface area contributed by atoms with Crippen LogP contribution in [0.3, 0.4) is 0 Å². The summed E-state index contributed by atoms with van der Waals surface area (Å²) in [5, 5.41) is 11.3. The lowest BCUT2D eigenvalue weighted by molar-refractivity contribution is -0.154. The Kier molecular flexibility index (Phi) is 7.31. The number of rotatable bonds is 6. The van der Waals surface area contributed by atoms with Crippen LogP contribution < -0.4 is 5.32 Å². The summed E-state index contributed by atoms with van der Waals surface area (Å²) in [6, 6.07) is 15.4. The molecular formula is C22H14Cl2F3N3O3. The van der Waals surface area contributed by atoms with Crippen LogP contribution in [0.1, 0.15) is 21.6 Å². The van der Waals surface area contributed by atoms with Gasteiger partial charge in [-0.05, 0) is 29.8 Å². The summed E-state index contributed by atoms with van der Waals surface area (Å²) in [5.41, 5.74) is -1.45. The van der Waals surface area contributed by atoms with E-state index in [1.165, 1.54) is 36.4 Å². The number of aromatic nitrogens is 1. The zero-order chi connectivity index (χ0) is 24.2. The minimum atomic E-state index is -4.94. The Morgan fingerprint density at radius 1 is 1.06 bits per heavy atom. The number of hydrogen-bond donors (Lipinski definition) is 1. The number of alkyl halides is 3. The van der Waals surface area contributed by atoms with Gasteiger partial charge in [-0.1, -0.05) is 53.5 Å². The van der Waals surface area contributed by atoms with Crippen LogP contribution in [0.2, 0.25) is 10.0 Å². The first-order chi connectivity index (χ1) is 15.6. The summed E-state index contributed by atoms with van der Waals surface area (Å²) < 4.78 is 46.8. The maximum Gasteiger partial charge on any atom is 0.433 e. The summed E-state index contributed by atoms with van der Waals surface area (Å²) >= 11 is 11.7. The van der Waals surface area contributed by atoms with E-state index in [-0.39, 0.29) is 11.3 Å². The number of halogens is 5. The van der Waals surface area contributed by atoms with Gasteiger partial charge in [0.2, 0.25) is 0 Å². The van der Waals surface area contributed by atoms with Crippen LogP contribution in [0, 0.1) is 11.3 Å². The molecule has 0 radical (unpaired) electrons. The molecule has 0 saturated carbocycles. The van der Waals surface area contributed by atoms with Gasteiger partial charge in [0.15, 0.2) is 6.73 Å². The minimum absolute atomic E-state index is 0.187. The van der Waals surface area contributed by atoms with E-state index in [4.69, 9.17) is 27.9 Å². The predicted molar refractivity (Wildman–Crippen MR) is 114 cm³/mol. The van der Waals surface area contributed by atoms with E-state index in [1.54, 1.807) is 24.3 Å². The van der Waals surface area contributed by atoms with Gasteiger partial charge >= 0.3 is 12.1 Å². The van der Waals surface area contributed by atoms with E-state index in [1.807, 2.05) is 0 Å². The van der Waals surface area contributed by atoms with Gasteiger partial charge in [-0.15, -0.1) is 0 Å². The number of nitrogens with zero attached hydrogens (tertiary/aromatic N) is 2. The third-order valence-corrected chi connectivity index (χ3v) is 5.11. The molecule has 3 rings (SSSR count). The van der Waals surface area contributed by atoms with Crippen molar-refractivity contribution in [1.29, 1.82) is 5.26 Å². The highest BCUT2D eigenvalue weighted by Crippen LogP contribution is 2.43. The van der Waals surface area contributed by atoms with Crippen molar-refractivity contribution in [3.8, 4) is 17.3 Å². The van der Waals surface area contributed by atoms with Gasteiger partial charge in [-0.3, -0.25) is 9.59 Å². The van der Waals surface area contributed by atoms with Crippen molar-refractivity contribution in [3.05, 3.63) is 81.5 Å². The van der Waals surface area contributed by atoms with Crippen molar-refractivity contribution in [2.45, 2.75) is 12.9 Å². The number of amides is 1. The zero-order valence-corrected chi connectivity index (χ0v) is 18.1. The first kappa shape index (κ1) is 24.2. The SMILES string of the molecule is N#Cc1c(Cl)c(C(F)(F)F)n(COC(=O)CNC(=O)c2ccccc2)c1-c1ccc(Cl)cc1. The zero-order valence-electron chi connectivity index (χ0n) is 16.6. The van der Waals surface area contributed by atoms with E-state index in [0.29, 0.717) is 15.2 Å². The van der Waals surface area contributed by atoms with E-state index in [9.17, 15) is 28.0 Å². The highest BCUT2D eigenvalue weighted by atomic mass is 35.5. The van der Waals surface area contributed by atoms with Crippen LogP contribution in [-0.2, 0) is 22.4 Å². The lowest BCUT2D eigenvalue weighted by Gasteiger charge is -2.16. The molecule has 1 aromatic heterocycles. The van der Waals surface area contributed by atoms with Gasteiger partial charge in [0.1, 0.15) is 18.3 Å². The van der Waals surface area contributed by atoms with Crippen LogP contribution in [0.4, 0.5) is 13.2 Å². The van der Waals surface area contributed by atoms with Crippen LogP contribution in [0.15, 0.2) is 54.6 Å². The molecule has 0 aliphatic carbocycles. The number of esters is 1. The normalized spacial score (nSPS) is 11.0. The topological polar surface area (TPSA) is 84.1 Å². The Hall–Kier alpha value is -3.48. The van der Waals surface area contributed by atoms with Crippen molar-refractivity contribution < 1.29 is 27.5 Å². The third kappa shape index (κ3) is 5.48. The van der Waals surface area contributed by atoms with Crippen LogP contribution in [-0.4, -0.2) is 23.0 Å². The van der Waals surface area contributed by atoms with Crippen molar-refractivity contribution in [3.63, 3.8) is 0 Å². The number of hydrogen-bond acceptors (Lipinski definition) is 4. The predicted octanol–water partition coefficient (Wildman–Crippen LogP) is 5.28. The maximum absolute atomic E-state index is 13.8. The van der Waals surface area contributed by atoms with E-state index < -0.39 is 47.6 Å². The van der Waals surface area contributed by atoms with Gasteiger partial charge in [-0.2, -0.15) is 18.4 Å². The molecule has 33 heavy (non-hydrogen) atoms. The molecule has 0 saturated heterocycles. The number of nitriles is 1. The summed E-state index contributed by atoms with van der Waals surface area (Å²) in [6.45, 7) is -1.47. The number of carbonyl (C=O) groups excluding carboxylic acids is 2. The van der Waals surface area contributed by atoms with Gasteiger partial charge < -0.3 is 14.6 Å². The maximum atomic E-state index is 13.8. The highest BCUT2D eigenvalue weighted by molar-refractivity contribution is 6.33. The molecule has 0 fully saturated rings. The van der Waals surface area contributed by atoms with Crippen molar-refractivity contribution in [2.75, 3.05) is 6.54 Å². The average molecular weight is 496 g/mol. The number of ether oxygens (including phenoxy) is 1. The molecule has 6 nitrogen and oxygen atoms in total. The molecule has 1 heterocycles. The molecule has 3 aromatic rings. The van der Waals surface area contributed by atoms with E-state index in [0.717, 1.165) is 0 Å². The number of carbonyl (C=O) groups is 2. The van der Waals surface area contributed by atoms with Crippen LogP contribution in [0.5, 0.6) is 0 Å². The number of benzene rings is 2. The second-order valence-electron chi connectivity index (χ2n) is 6.62. The summed E-state index contributed by atoms with van der Waals surface area (Å²) in [7, 11) is 0. The van der Waals surface area contributed by atoms with Gasteiger partial charge in [0.05, 0.1) is 16.3 Å². The standard InChI is InChI=1S/C22H14Cl2F3N3O3/c23-15-8-6-13(7-9-15)19-16(10-28)18(24)20(22(25,26)27)30(19)12-33-17(31)11-29-21(32)14-4-2-1-3-5-14/h1-9H,11-12H2,(H,29,32). The van der Waals surface area contributed by atoms with E-state index >= 15 is 0 Å². The molecule has 170 valence electrons.